The predicted molar refractivity (Wildman–Crippen MR) is 108 cm³/mol. The molecule has 0 saturated carbocycles. The van der Waals surface area contributed by atoms with E-state index in [4.69, 9.17) is 4.74 Å². The molecule has 29 heavy (non-hydrogen) atoms. The van der Waals surface area contributed by atoms with Crippen molar-refractivity contribution in [2.75, 3.05) is 11.9 Å². The lowest BCUT2D eigenvalue weighted by atomic mass is 10.0. The fraction of sp³-hybridized carbons (Fsp3) is 0.190. The molecule has 0 fully saturated rings. The molecular formula is C21H19N3O5. The van der Waals surface area contributed by atoms with E-state index in [1.807, 2.05) is 38.1 Å². The van der Waals surface area contributed by atoms with E-state index in [0.717, 1.165) is 16.5 Å². The quantitative estimate of drug-likeness (QED) is 0.387. The van der Waals surface area contributed by atoms with Crippen molar-refractivity contribution in [2.24, 2.45) is 0 Å². The lowest BCUT2D eigenvalue weighted by Gasteiger charge is -2.13. The average molecular weight is 393 g/mol. The molecule has 3 aromatic rings. The Hall–Kier alpha value is -3.81. The highest BCUT2D eigenvalue weighted by atomic mass is 16.6. The van der Waals surface area contributed by atoms with Crippen LogP contribution in [-0.4, -0.2) is 28.4 Å². The molecule has 148 valence electrons. The summed E-state index contributed by atoms with van der Waals surface area (Å²) in [6, 6.07) is 12.9. The van der Waals surface area contributed by atoms with Crippen molar-refractivity contribution in [2.45, 2.75) is 20.3 Å². The van der Waals surface area contributed by atoms with Crippen LogP contribution in [0.4, 0.5) is 11.4 Å². The number of pyridine rings is 1. The third-order valence-corrected chi connectivity index (χ3v) is 4.46. The second kappa shape index (κ2) is 8.47. The maximum Gasteiger partial charge on any atom is 0.340 e. The van der Waals surface area contributed by atoms with Gasteiger partial charge in [-0.1, -0.05) is 25.1 Å². The number of para-hydroxylation sites is 1. The van der Waals surface area contributed by atoms with Gasteiger partial charge >= 0.3 is 5.97 Å². The van der Waals surface area contributed by atoms with Crippen LogP contribution >= 0.6 is 0 Å². The normalized spacial score (nSPS) is 10.6. The standard InChI is InChI=1S/C21H19N3O5/c1-3-17-20(13(2)16-6-4-5-7-18(16)23-17)21(26)29-12-19(25)22-14-8-10-15(11-9-14)24(27)28/h4-11H,3,12H2,1-2H3,(H,22,25). The van der Waals surface area contributed by atoms with E-state index in [1.54, 1.807) is 0 Å². The number of esters is 1. The summed E-state index contributed by atoms with van der Waals surface area (Å²) < 4.78 is 5.20. The third-order valence-electron chi connectivity index (χ3n) is 4.46. The van der Waals surface area contributed by atoms with Crippen molar-refractivity contribution in [3.8, 4) is 0 Å². The Balaban J connectivity index is 1.71. The number of aromatic nitrogens is 1. The van der Waals surface area contributed by atoms with Gasteiger partial charge in [0.05, 0.1) is 21.7 Å². The number of non-ortho nitro benzene ring substituents is 1. The third kappa shape index (κ3) is 4.37. The van der Waals surface area contributed by atoms with Crippen LogP contribution in [0, 0.1) is 17.0 Å². The Bertz CT molecular complexity index is 1090. The van der Waals surface area contributed by atoms with E-state index >= 15 is 0 Å². The molecule has 1 heterocycles. The van der Waals surface area contributed by atoms with Gasteiger partial charge in [-0.05, 0) is 37.1 Å². The highest BCUT2D eigenvalue weighted by Crippen LogP contribution is 2.24. The maximum atomic E-state index is 12.6. The molecule has 8 heteroatoms. The van der Waals surface area contributed by atoms with Gasteiger partial charge < -0.3 is 10.1 Å². The lowest BCUT2D eigenvalue weighted by molar-refractivity contribution is -0.384. The number of nitrogens with one attached hydrogen (secondary N) is 1. The number of aryl methyl sites for hydroxylation is 2. The number of carbonyl (C=O) groups is 2. The molecule has 8 nitrogen and oxygen atoms in total. The zero-order chi connectivity index (χ0) is 21.0. The minimum absolute atomic E-state index is 0.0826. The number of nitro groups is 1. The first-order valence-electron chi connectivity index (χ1n) is 9.00. The van der Waals surface area contributed by atoms with Gasteiger partial charge in [0.1, 0.15) is 0 Å². The zero-order valence-electron chi connectivity index (χ0n) is 16.0. The molecule has 0 unspecified atom stereocenters. The predicted octanol–water partition coefficient (Wildman–Crippen LogP) is 3.81. The van der Waals surface area contributed by atoms with Crippen molar-refractivity contribution >= 4 is 34.2 Å². The molecule has 0 saturated heterocycles. The molecule has 0 radical (unpaired) electrons. The molecule has 0 aliphatic rings. The smallest absolute Gasteiger partial charge is 0.340 e. The largest absolute Gasteiger partial charge is 0.452 e. The first-order valence-corrected chi connectivity index (χ1v) is 9.00. The highest BCUT2D eigenvalue weighted by Gasteiger charge is 2.20. The number of nitro benzene ring substituents is 1. The number of benzene rings is 2. The molecule has 1 aromatic heterocycles. The van der Waals surface area contributed by atoms with Crippen LogP contribution in [0.1, 0.15) is 28.5 Å². The monoisotopic (exact) mass is 393 g/mol. The first kappa shape index (κ1) is 19.9. The maximum absolute atomic E-state index is 12.6. The van der Waals surface area contributed by atoms with E-state index in [1.165, 1.54) is 24.3 Å². The van der Waals surface area contributed by atoms with Crippen molar-refractivity contribution in [3.63, 3.8) is 0 Å². The fourth-order valence-corrected chi connectivity index (χ4v) is 3.03. The Morgan fingerprint density at radius 3 is 2.48 bits per heavy atom. The van der Waals surface area contributed by atoms with Crippen LogP contribution in [0.15, 0.2) is 48.5 Å². The number of carbonyl (C=O) groups excluding carboxylic acids is 2. The fourth-order valence-electron chi connectivity index (χ4n) is 3.03. The Morgan fingerprint density at radius 1 is 1.14 bits per heavy atom. The first-order chi connectivity index (χ1) is 13.9. The molecular weight excluding hydrogens is 374 g/mol. The molecule has 0 atom stereocenters. The van der Waals surface area contributed by atoms with Gasteiger partial charge in [0.2, 0.25) is 0 Å². The van der Waals surface area contributed by atoms with E-state index in [2.05, 4.69) is 10.3 Å². The van der Waals surface area contributed by atoms with E-state index in [-0.39, 0.29) is 5.69 Å². The van der Waals surface area contributed by atoms with Crippen molar-refractivity contribution < 1.29 is 19.2 Å². The van der Waals surface area contributed by atoms with Crippen LogP contribution in [0.3, 0.4) is 0 Å². The van der Waals surface area contributed by atoms with Gasteiger partial charge in [-0.2, -0.15) is 0 Å². The summed E-state index contributed by atoms with van der Waals surface area (Å²) >= 11 is 0. The van der Waals surface area contributed by atoms with Gasteiger partial charge in [0.15, 0.2) is 6.61 Å². The minimum Gasteiger partial charge on any atom is -0.452 e. The summed E-state index contributed by atoms with van der Waals surface area (Å²) in [6.07, 6.45) is 0.547. The number of anilines is 1. The molecule has 0 aliphatic carbocycles. The summed E-state index contributed by atoms with van der Waals surface area (Å²) in [7, 11) is 0. The zero-order valence-corrected chi connectivity index (χ0v) is 16.0. The molecule has 0 bridgehead atoms. The number of nitrogens with zero attached hydrogens (tertiary/aromatic N) is 2. The van der Waals surface area contributed by atoms with Crippen molar-refractivity contribution in [1.29, 1.82) is 0 Å². The van der Waals surface area contributed by atoms with E-state index < -0.39 is 23.4 Å². The number of amides is 1. The summed E-state index contributed by atoms with van der Waals surface area (Å²) in [5.41, 5.74) is 2.83. The topological polar surface area (TPSA) is 111 Å². The summed E-state index contributed by atoms with van der Waals surface area (Å²) in [4.78, 5) is 39.4. The minimum atomic E-state index is -0.614. The van der Waals surface area contributed by atoms with Gasteiger partial charge in [0.25, 0.3) is 11.6 Å². The van der Waals surface area contributed by atoms with Crippen LogP contribution < -0.4 is 5.32 Å². The van der Waals surface area contributed by atoms with Gasteiger partial charge in [-0.3, -0.25) is 19.9 Å². The number of rotatable bonds is 6. The highest BCUT2D eigenvalue weighted by molar-refractivity contribution is 6.00. The van der Waals surface area contributed by atoms with Gasteiger partial charge in [-0.25, -0.2) is 4.79 Å². The van der Waals surface area contributed by atoms with Crippen LogP contribution in [0.2, 0.25) is 0 Å². The molecule has 1 amide bonds. The van der Waals surface area contributed by atoms with E-state index in [9.17, 15) is 19.7 Å². The lowest BCUT2D eigenvalue weighted by Crippen LogP contribution is -2.22. The number of fused-ring (bicyclic) bond motifs is 1. The number of hydrogen-bond donors (Lipinski definition) is 1. The molecule has 3 rings (SSSR count). The summed E-state index contributed by atoms with van der Waals surface area (Å²) in [5.74, 6) is -1.16. The molecule has 0 spiro atoms. The Kier molecular flexibility index (Phi) is 5.82. The van der Waals surface area contributed by atoms with E-state index in [0.29, 0.717) is 23.4 Å². The number of hydrogen-bond acceptors (Lipinski definition) is 6. The second-order valence-electron chi connectivity index (χ2n) is 6.36. The van der Waals surface area contributed by atoms with Crippen molar-refractivity contribution in [1.82, 2.24) is 4.98 Å². The average Bonchev–Trinajstić information content (AvgIpc) is 2.72. The Morgan fingerprint density at radius 2 is 1.83 bits per heavy atom. The second-order valence-corrected chi connectivity index (χ2v) is 6.36. The summed E-state index contributed by atoms with van der Waals surface area (Å²) in [5, 5.41) is 14.1. The van der Waals surface area contributed by atoms with Crippen molar-refractivity contribution in [3.05, 3.63) is 75.5 Å². The SMILES string of the molecule is CCc1nc2ccccc2c(C)c1C(=O)OCC(=O)Nc1ccc([N+](=O)[O-])cc1. The molecule has 2 aromatic carbocycles. The Labute approximate surface area is 166 Å². The summed E-state index contributed by atoms with van der Waals surface area (Å²) in [6.45, 7) is 3.25. The molecule has 1 N–H and O–H groups in total. The van der Waals surface area contributed by atoms with Crippen LogP contribution in [0.25, 0.3) is 10.9 Å². The van der Waals surface area contributed by atoms with Gasteiger partial charge in [-0.15, -0.1) is 0 Å². The van der Waals surface area contributed by atoms with Crippen LogP contribution in [-0.2, 0) is 16.0 Å². The van der Waals surface area contributed by atoms with Crippen LogP contribution in [0.5, 0.6) is 0 Å². The van der Waals surface area contributed by atoms with Gasteiger partial charge in [0, 0.05) is 23.2 Å². The number of ether oxygens (including phenoxy) is 1. The molecule has 0 aliphatic heterocycles.